The molecule has 6 nitrogen and oxygen atoms in total. The van der Waals surface area contributed by atoms with E-state index in [1.54, 1.807) is 24.3 Å². The SMILES string of the molecule is CS(=O)(=O)N1CCC(Cc2cccc(-c3ccccc3C(=O)O)n2)CC1. The van der Waals surface area contributed by atoms with Gasteiger partial charge in [0.15, 0.2) is 0 Å². The zero-order valence-electron chi connectivity index (χ0n) is 14.6. The highest BCUT2D eigenvalue weighted by Crippen LogP contribution is 2.25. The molecule has 2 aromatic rings. The van der Waals surface area contributed by atoms with Crippen LogP contribution >= 0.6 is 0 Å². The van der Waals surface area contributed by atoms with Gasteiger partial charge >= 0.3 is 5.97 Å². The van der Waals surface area contributed by atoms with Crippen LogP contribution in [0.1, 0.15) is 28.9 Å². The Morgan fingerprint density at radius 1 is 1.15 bits per heavy atom. The van der Waals surface area contributed by atoms with E-state index in [1.807, 2.05) is 18.2 Å². The van der Waals surface area contributed by atoms with Gasteiger partial charge in [-0.2, -0.15) is 0 Å². The molecule has 1 N–H and O–H groups in total. The van der Waals surface area contributed by atoms with Crippen LogP contribution in [0, 0.1) is 5.92 Å². The third-order valence-electron chi connectivity index (χ3n) is 4.78. The van der Waals surface area contributed by atoms with Crippen LogP contribution in [0.4, 0.5) is 0 Å². The number of pyridine rings is 1. The maximum absolute atomic E-state index is 11.6. The fourth-order valence-corrected chi connectivity index (χ4v) is 4.25. The maximum atomic E-state index is 11.6. The van der Waals surface area contributed by atoms with Gasteiger partial charge in [-0.05, 0) is 43.4 Å². The summed E-state index contributed by atoms with van der Waals surface area (Å²) in [6.45, 7) is 1.09. The van der Waals surface area contributed by atoms with E-state index >= 15 is 0 Å². The topological polar surface area (TPSA) is 87.6 Å². The van der Waals surface area contributed by atoms with Crippen LogP contribution in [0.2, 0.25) is 0 Å². The fraction of sp³-hybridized carbons (Fsp3) is 0.368. The van der Waals surface area contributed by atoms with Gasteiger partial charge in [0.1, 0.15) is 0 Å². The Balaban J connectivity index is 1.74. The molecule has 1 saturated heterocycles. The summed E-state index contributed by atoms with van der Waals surface area (Å²) in [5, 5.41) is 9.37. The van der Waals surface area contributed by atoms with Gasteiger partial charge in [0.2, 0.25) is 10.0 Å². The van der Waals surface area contributed by atoms with E-state index in [1.165, 1.54) is 10.6 Å². The van der Waals surface area contributed by atoms with Crippen molar-refractivity contribution in [3.63, 3.8) is 0 Å². The number of carbonyl (C=O) groups is 1. The van der Waals surface area contributed by atoms with Crippen molar-refractivity contribution >= 4 is 16.0 Å². The molecule has 0 bridgehead atoms. The number of piperidine rings is 1. The van der Waals surface area contributed by atoms with Gasteiger partial charge in [0.05, 0.1) is 17.5 Å². The van der Waals surface area contributed by atoms with Gasteiger partial charge < -0.3 is 5.11 Å². The van der Waals surface area contributed by atoms with E-state index in [9.17, 15) is 18.3 Å². The number of hydrogen-bond donors (Lipinski definition) is 1. The number of hydrogen-bond acceptors (Lipinski definition) is 4. The van der Waals surface area contributed by atoms with E-state index in [2.05, 4.69) is 4.98 Å². The van der Waals surface area contributed by atoms with Crippen molar-refractivity contribution in [2.75, 3.05) is 19.3 Å². The minimum atomic E-state index is -3.12. The van der Waals surface area contributed by atoms with E-state index in [4.69, 9.17) is 0 Å². The lowest BCUT2D eigenvalue weighted by molar-refractivity contribution is 0.0697. The van der Waals surface area contributed by atoms with Gasteiger partial charge in [-0.1, -0.05) is 24.3 Å². The number of sulfonamides is 1. The summed E-state index contributed by atoms with van der Waals surface area (Å²) in [6.07, 6.45) is 3.63. The largest absolute Gasteiger partial charge is 0.478 e. The Morgan fingerprint density at radius 2 is 1.85 bits per heavy atom. The summed E-state index contributed by atoms with van der Waals surface area (Å²) in [5.74, 6) is -0.591. The Kier molecular flexibility index (Phi) is 5.38. The number of aromatic carboxylic acids is 1. The highest BCUT2D eigenvalue weighted by Gasteiger charge is 2.25. The van der Waals surface area contributed by atoms with Crippen LogP contribution in [-0.4, -0.2) is 48.1 Å². The molecule has 1 fully saturated rings. The first-order valence-electron chi connectivity index (χ1n) is 8.58. The summed E-state index contributed by atoms with van der Waals surface area (Å²) < 4.78 is 24.7. The third kappa shape index (κ3) is 4.28. The monoisotopic (exact) mass is 374 g/mol. The lowest BCUT2D eigenvalue weighted by atomic mass is 9.92. The van der Waals surface area contributed by atoms with Crippen molar-refractivity contribution in [2.45, 2.75) is 19.3 Å². The molecule has 0 amide bonds. The molecule has 7 heteroatoms. The zero-order chi connectivity index (χ0) is 18.7. The van der Waals surface area contributed by atoms with Crippen molar-refractivity contribution in [1.29, 1.82) is 0 Å². The normalized spacial score (nSPS) is 16.5. The number of aromatic nitrogens is 1. The predicted octanol–water partition coefficient (Wildman–Crippen LogP) is 2.66. The summed E-state index contributed by atoms with van der Waals surface area (Å²) in [5.41, 5.74) is 2.39. The zero-order valence-corrected chi connectivity index (χ0v) is 15.4. The lowest BCUT2D eigenvalue weighted by Crippen LogP contribution is -2.38. The molecule has 1 aromatic heterocycles. The molecule has 0 unspecified atom stereocenters. The van der Waals surface area contributed by atoms with Crippen LogP contribution in [0.3, 0.4) is 0 Å². The maximum Gasteiger partial charge on any atom is 0.336 e. The van der Waals surface area contributed by atoms with E-state index in [-0.39, 0.29) is 5.56 Å². The quantitative estimate of drug-likeness (QED) is 0.869. The lowest BCUT2D eigenvalue weighted by Gasteiger charge is -2.30. The van der Waals surface area contributed by atoms with Crippen molar-refractivity contribution in [2.24, 2.45) is 5.92 Å². The van der Waals surface area contributed by atoms with Crippen molar-refractivity contribution in [3.05, 3.63) is 53.7 Å². The molecular weight excluding hydrogens is 352 g/mol. The van der Waals surface area contributed by atoms with Crippen LogP contribution < -0.4 is 0 Å². The van der Waals surface area contributed by atoms with Gasteiger partial charge in [-0.3, -0.25) is 4.98 Å². The van der Waals surface area contributed by atoms with Crippen LogP contribution in [0.5, 0.6) is 0 Å². The first-order chi connectivity index (χ1) is 12.3. The van der Waals surface area contributed by atoms with Crippen LogP contribution in [0.15, 0.2) is 42.5 Å². The number of nitrogens with zero attached hydrogens (tertiary/aromatic N) is 2. The highest BCUT2D eigenvalue weighted by molar-refractivity contribution is 7.88. The molecule has 3 rings (SSSR count). The Hall–Kier alpha value is -2.25. The molecule has 0 aliphatic carbocycles. The summed E-state index contributed by atoms with van der Waals surface area (Å²) >= 11 is 0. The van der Waals surface area contributed by atoms with Gasteiger partial charge in [-0.15, -0.1) is 0 Å². The summed E-state index contributed by atoms with van der Waals surface area (Å²) in [7, 11) is -3.12. The van der Waals surface area contributed by atoms with E-state index < -0.39 is 16.0 Å². The molecule has 26 heavy (non-hydrogen) atoms. The molecule has 1 aromatic carbocycles. The average molecular weight is 374 g/mol. The van der Waals surface area contributed by atoms with Gasteiger partial charge in [-0.25, -0.2) is 17.5 Å². The van der Waals surface area contributed by atoms with Crippen LogP contribution in [-0.2, 0) is 16.4 Å². The van der Waals surface area contributed by atoms with Crippen molar-refractivity contribution < 1.29 is 18.3 Å². The highest BCUT2D eigenvalue weighted by atomic mass is 32.2. The second kappa shape index (κ2) is 7.55. The molecule has 2 heterocycles. The molecule has 0 saturated carbocycles. The molecule has 0 atom stereocenters. The van der Waals surface area contributed by atoms with Gasteiger partial charge in [0.25, 0.3) is 0 Å². The molecule has 1 aliphatic rings. The first-order valence-corrected chi connectivity index (χ1v) is 10.4. The minimum absolute atomic E-state index is 0.235. The molecule has 1 aliphatic heterocycles. The van der Waals surface area contributed by atoms with Crippen molar-refractivity contribution in [3.8, 4) is 11.3 Å². The fourth-order valence-electron chi connectivity index (χ4n) is 3.38. The number of carboxylic acids is 1. The standard InChI is InChI=1S/C19H22N2O4S/c1-26(24,25)21-11-9-14(10-12-21)13-15-5-4-8-18(20-15)16-6-2-3-7-17(16)19(22)23/h2-8,14H,9-13H2,1H3,(H,22,23). The summed E-state index contributed by atoms with van der Waals surface area (Å²) in [6, 6.07) is 12.5. The predicted molar refractivity (Wildman–Crippen MR) is 99.5 cm³/mol. The second-order valence-corrected chi connectivity index (χ2v) is 8.66. The number of carboxylic acid groups (broad SMARTS) is 1. The van der Waals surface area contributed by atoms with Gasteiger partial charge in [0, 0.05) is 24.3 Å². The Morgan fingerprint density at radius 3 is 2.50 bits per heavy atom. The smallest absolute Gasteiger partial charge is 0.336 e. The van der Waals surface area contributed by atoms with Crippen LogP contribution in [0.25, 0.3) is 11.3 Å². The molecule has 0 radical (unpaired) electrons. The van der Waals surface area contributed by atoms with E-state index in [0.29, 0.717) is 30.3 Å². The first kappa shape index (κ1) is 18.5. The third-order valence-corrected chi connectivity index (χ3v) is 6.08. The molecule has 138 valence electrons. The number of benzene rings is 1. The summed E-state index contributed by atoms with van der Waals surface area (Å²) in [4.78, 5) is 16.1. The Bertz CT molecular complexity index is 903. The second-order valence-electron chi connectivity index (χ2n) is 6.67. The van der Waals surface area contributed by atoms with E-state index in [0.717, 1.165) is 25.0 Å². The molecular formula is C19H22N2O4S. The Labute approximate surface area is 153 Å². The molecule has 0 spiro atoms. The van der Waals surface area contributed by atoms with Crippen molar-refractivity contribution in [1.82, 2.24) is 9.29 Å². The average Bonchev–Trinajstić information content (AvgIpc) is 2.61. The minimum Gasteiger partial charge on any atom is -0.478 e. The number of rotatable bonds is 5.